The molecule has 0 aliphatic carbocycles. The van der Waals surface area contributed by atoms with Gasteiger partial charge in [0.25, 0.3) is 10.1 Å². The van der Waals surface area contributed by atoms with Crippen LogP contribution in [0, 0.1) is 0 Å². The summed E-state index contributed by atoms with van der Waals surface area (Å²) in [6, 6.07) is 0. The first-order chi connectivity index (χ1) is 9.26. The van der Waals surface area contributed by atoms with E-state index in [2.05, 4.69) is 24.3 Å². The smallest absolute Gasteiger partial charge is 0.333 e. The number of halogens is 1. The van der Waals surface area contributed by atoms with Crippen LogP contribution in [0.2, 0.25) is 0 Å². The van der Waals surface area contributed by atoms with Gasteiger partial charge in [-0.05, 0) is 0 Å². The van der Waals surface area contributed by atoms with Crippen LogP contribution in [-0.2, 0) is 42.4 Å². The minimum atomic E-state index is -3.53. The van der Waals surface area contributed by atoms with E-state index in [1.54, 1.807) is 0 Å². The second-order valence-corrected chi connectivity index (χ2v) is 7.65. The van der Waals surface area contributed by atoms with Crippen molar-refractivity contribution in [3.8, 4) is 0 Å². The number of aliphatic hydroxyl groups excluding tert-OH is 1. The van der Waals surface area contributed by atoms with Crippen LogP contribution in [0.25, 0.3) is 0 Å². The lowest BCUT2D eigenvalue weighted by Crippen LogP contribution is -2.13. The van der Waals surface area contributed by atoms with Gasteiger partial charge in [0.1, 0.15) is 6.61 Å². The predicted molar refractivity (Wildman–Crippen MR) is 72.6 cm³/mol. The van der Waals surface area contributed by atoms with Gasteiger partial charge in [-0.3, -0.25) is 4.18 Å². The second kappa shape index (κ2) is 12.8. The summed E-state index contributed by atoms with van der Waals surface area (Å²) < 4.78 is 51.4. The number of carbonyl (C=O) groups excluding carboxylic acids is 2. The van der Waals surface area contributed by atoms with Crippen LogP contribution in [0.4, 0.5) is 0 Å². The van der Waals surface area contributed by atoms with Gasteiger partial charge in [0.05, 0.1) is 26.7 Å². The monoisotopic (exact) mass is 372 g/mol. The van der Waals surface area contributed by atoms with Crippen molar-refractivity contribution in [2.24, 2.45) is 0 Å². The molecule has 13 heteroatoms. The number of rotatable bonds is 4. The molecule has 0 aromatic heterocycles. The summed E-state index contributed by atoms with van der Waals surface area (Å²) in [5.41, 5.74) is 0. The zero-order valence-electron chi connectivity index (χ0n) is 11.7. The lowest BCUT2D eigenvalue weighted by atomic mass is 10.8. The zero-order chi connectivity index (χ0) is 17.7. The molecule has 1 N–H and O–H groups in total. The third-order valence-electron chi connectivity index (χ3n) is 0.975. The van der Waals surface area contributed by atoms with Crippen LogP contribution in [0.5, 0.6) is 0 Å². The van der Waals surface area contributed by atoms with E-state index in [0.29, 0.717) is 0 Å². The number of hydrogen-bond donors (Lipinski definition) is 1. The molecule has 0 aliphatic heterocycles. The maximum atomic E-state index is 10.2. The molecule has 0 aliphatic rings. The maximum absolute atomic E-state index is 10.2. The molecular weight excluding hydrogens is 356 g/mol. The minimum absolute atomic E-state index is 0.531. The number of carbonyl (C=O) groups is 2. The summed E-state index contributed by atoms with van der Waals surface area (Å²) in [7, 11) is 0.145. The zero-order valence-corrected chi connectivity index (χ0v) is 14.1. The van der Waals surface area contributed by atoms with Crippen LogP contribution in [0.3, 0.4) is 0 Å². The second-order valence-electron chi connectivity index (χ2n) is 2.96. The highest BCUT2D eigenvalue weighted by atomic mass is 35.7. The Kier molecular flexibility index (Phi) is 15.2. The fraction of sp³-hybridized carbons (Fsp3) is 0.750. The quantitative estimate of drug-likeness (QED) is 0.349. The third kappa shape index (κ3) is 45.4. The molecule has 0 amide bonds. The van der Waals surface area contributed by atoms with Gasteiger partial charge in [-0.2, -0.15) is 8.42 Å². The normalized spacial score (nSPS) is 10.2. The van der Waals surface area contributed by atoms with E-state index in [0.717, 1.165) is 19.6 Å². The van der Waals surface area contributed by atoms with Gasteiger partial charge in [-0.15, -0.1) is 0 Å². The molecule has 0 spiro atoms. The summed E-state index contributed by atoms with van der Waals surface area (Å²) in [6.07, 6.45) is 1.78. The van der Waals surface area contributed by atoms with Crippen LogP contribution in [0.15, 0.2) is 0 Å². The van der Waals surface area contributed by atoms with E-state index in [1.807, 2.05) is 0 Å². The third-order valence-corrected chi connectivity index (χ3v) is 1.52. The Labute approximate surface area is 127 Å². The van der Waals surface area contributed by atoms with E-state index < -0.39 is 44.3 Å². The summed E-state index contributed by atoms with van der Waals surface area (Å²) >= 11 is 0. The van der Waals surface area contributed by atoms with Crippen molar-refractivity contribution >= 4 is 41.8 Å². The van der Waals surface area contributed by atoms with E-state index in [9.17, 15) is 26.4 Å². The molecule has 0 heterocycles. The van der Waals surface area contributed by atoms with Gasteiger partial charge in [0, 0.05) is 10.7 Å². The Bertz CT molecular complexity index is 481. The molecule has 0 aromatic carbocycles. The molecule has 0 saturated heterocycles. The average molecular weight is 373 g/mol. The molecule has 0 radical (unpaired) electrons. The van der Waals surface area contributed by atoms with Gasteiger partial charge in [-0.1, -0.05) is 0 Å². The van der Waals surface area contributed by atoms with Crippen molar-refractivity contribution in [3.63, 3.8) is 0 Å². The average Bonchev–Trinajstić information content (AvgIpc) is 2.32. The highest BCUT2D eigenvalue weighted by Gasteiger charge is 2.06. The van der Waals surface area contributed by atoms with Crippen LogP contribution >= 0.6 is 10.7 Å². The van der Waals surface area contributed by atoms with Crippen molar-refractivity contribution in [3.05, 3.63) is 0 Å². The molecule has 0 rings (SSSR count). The Morgan fingerprint density at radius 1 is 1.00 bits per heavy atom. The Hall–Kier alpha value is -0.950. The van der Waals surface area contributed by atoms with Gasteiger partial charge in [-0.25, -0.2) is 18.0 Å². The lowest BCUT2D eigenvalue weighted by Gasteiger charge is -1.97. The van der Waals surface area contributed by atoms with Crippen molar-refractivity contribution < 1.29 is 45.2 Å². The topological polar surface area (TPSA) is 150 Å². The Morgan fingerprint density at radius 3 is 1.48 bits per heavy atom. The number of esters is 2. The molecule has 0 saturated carbocycles. The van der Waals surface area contributed by atoms with Crippen molar-refractivity contribution in [2.75, 3.05) is 39.9 Å². The molecule has 10 nitrogen and oxygen atoms in total. The summed E-state index contributed by atoms with van der Waals surface area (Å²) in [5, 5.41) is 7.86. The van der Waals surface area contributed by atoms with E-state index in [-0.39, 0.29) is 0 Å². The van der Waals surface area contributed by atoms with Crippen LogP contribution < -0.4 is 0 Å². The maximum Gasteiger partial charge on any atom is 0.333 e. The number of methoxy groups -OCH3 is 2. The van der Waals surface area contributed by atoms with Gasteiger partial charge >= 0.3 is 11.9 Å². The van der Waals surface area contributed by atoms with Crippen molar-refractivity contribution in [1.29, 1.82) is 0 Å². The first kappa shape index (κ1) is 25.0. The molecule has 0 atom stereocenters. The predicted octanol–water partition coefficient (Wildman–Crippen LogP) is -1.53. The Balaban J connectivity index is -0.000000252. The van der Waals surface area contributed by atoms with Crippen molar-refractivity contribution in [1.82, 2.24) is 0 Å². The standard InChI is InChI=1S/C4H8O5S.C3H6O3.CH3ClO2S/c1-8-4(5)3-9-10(2,6)7;1-6-3(5)2-4;1-5(2,3)4/h3H2,1-2H3;4H,2H2,1H3;1H3. The summed E-state index contributed by atoms with van der Waals surface area (Å²) in [6.45, 7) is -1.09. The van der Waals surface area contributed by atoms with E-state index >= 15 is 0 Å². The Morgan fingerprint density at radius 2 is 1.33 bits per heavy atom. The van der Waals surface area contributed by atoms with Gasteiger partial charge < -0.3 is 14.6 Å². The molecule has 128 valence electrons. The fourth-order valence-corrected chi connectivity index (χ4v) is 0.589. The van der Waals surface area contributed by atoms with E-state index in [4.69, 9.17) is 5.11 Å². The molecule has 0 fully saturated rings. The molecule has 0 bridgehead atoms. The van der Waals surface area contributed by atoms with E-state index in [1.165, 1.54) is 7.11 Å². The van der Waals surface area contributed by atoms with Gasteiger partial charge in [0.2, 0.25) is 9.05 Å². The summed E-state index contributed by atoms with van der Waals surface area (Å²) in [4.78, 5) is 20.0. The first-order valence-corrected chi connectivity index (χ1v) is 9.28. The van der Waals surface area contributed by atoms with Gasteiger partial charge in [0.15, 0.2) is 6.61 Å². The molecule has 0 aromatic rings. The largest absolute Gasteiger partial charge is 0.467 e. The van der Waals surface area contributed by atoms with Crippen molar-refractivity contribution in [2.45, 2.75) is 0 Å². The van der Waals surface area contributed by atoms with Crippen LogP contribution in [0.1, 0.15) is 0 Å². The fourth-order valence-electron chi connectivity index (χ4n) is 0.279. The molecule has 0 unspecified atom stereocenters. The number of hydrogen-bond acceptors (Lipinski definition) is 10. The SMILES string of the molecule is COC(=O)CO.COC(=O)COS(C)(=O)=O.CS(=O)(=O)Cl. The lowest BCUT2D eigenvalue weighted by molar-refractivity contribution is -0.144. The minimum Gasteiger partial charge on any atom is -0.467 e. The van der Waals surface area contributed by atoms with Crippen LogP contribution in [-0.4, -0.2) is 73.8 Å². The highest BCUT2D eigenvalue weighted by molar-refractivity contribution is 8.13. The molecular formula is C8H17ClO10S2. The highest BCUT2D eigenvalue weighted by Crippen LogP contribution is 1.86. The summed E-state index contributed by atoms with van der Waals surface area (Å²) in [5.74, 6) is -1.32. The number of ether oxygens (including phenoxy) is 2. The molecule has 21 heavy (non-hydrogen) atoms. The first-order valence-electron chi connectivity index (χ1n) is 4.75. The number of aliphatic hydroxyl groups is 1.